The maximum absolute atomic E-state index is 11.3. The lowest BCUT2D eigenvalue weighted by molar-refractivity contribution is 0.0963. The normalized spacial score (nSPS) is 10.4. The second-order valence-electron chi connectivity index (χ2n) is 3.17. The largest absolute Gasteiger partial charge is 0.468 e. The Morgan fingerprint density at radius 1 is 1.43 bits per heavy atom. The Bertz CT molecular complexity index is 485. The van der Waals surface area contributed by atoms with Crippen LogP contribution in [0.2, 0.25) is 0 Å². The van der Waals surface area contributed by atoms with Crippen LogP contribution in [0.25, 0.3) is 10.8 Å². The van der Waals surface area contributed by atoms with Gasteiger partial charge in [-0.1, -0.05) is 6.07 Å². The predicted molar refractivity (Wildman–Crippen MR) is 54.3 cm³/mol. The van der Waals surface area contributed by atoms with Gasteiger partial charge in [0.25, 0.3) is 5.91 Å². The van der Waals surface area contributed by atoms with E-state index in [2.05, 4.69) is 5.32 Å². The number of carbonyl (C=O) groups excluding carboxylic acids is 1. The van der Waals surface area contributed by atoms with Gasteiger partial charge in [-0.05, 0) is 19.1 Å². The smallest absolute Gasteiger partial charge is 0.251 e. The number of furan rings is 1. The molecule has 2 rings (SSSR count). The second kappa shape index (κ2) is 3.18. The van der Waals surface area contributed by atoms with Gasteiger partial charge in [0, 0.05) is 23.4 Å². The molecule has 0 aliphatic carbocycles. The molecule has 1 N–H and O–H groups in total. The molecule has 3 nitrogen and oxygen atoms in total. The van der Waals surface area contributed by atoms with Crippen molar-refractivity contribution in [2.75, 3.05) is 7.05 Å². The first-order valence-electron chi connectivity index (χ1n) is 4.42. The van der Waals surface area contributed by atoms with Crippen molar-refractivity contribution in [1.82, 2.24) is 5.32 Å². The Balaban J connectivity index is 2.57. The molecule has 0 radical (unpaired) electrons. The predicted octanol–water partition coefficient (Wildman–Crippen LogP) is 2.10. The number of carbonyl (C=O) groups is 1. The van der Waals surface area contributed by atoms with Crippen LogP contribution in [0.1, 0.15) is 16.1 Å². The Labute approximate surface area is 81.7 Å². The molecule has 14 heavy (non-hydrogen) atoms. The summed E-state index contributed by atoms with van der Waals surface area (Å²) in [5.41, 5.74) is 0.654. The number of nitrogens with one attached hydrogen (secondary N) is 1. The summed E-state index contributed by atoms with van der Waals surface area (Å²) >= 11 is 0. The summed E-state index contributed by atoms with van der Waals surface area (Å²) in [5, 5.41) is 4.60. The maximum Gasteiger partial charge on any atom is 0.251 e. The van der Waals surface area contributed by atoms with Gasteiger partial charge in [-0.3, -0.25) is 4.79 Å². The summed E-state index contributed by atoms with van der Waals surface area (Å²) in [6, 6.07) is 5.52. The Morgan fingerprint density at radius 3 is 2.93 bits per heavy atom. The van der Waals surface area contributed by atoms with Crippen LogP contribution in [0.4, 0.5) is 0 Å². The zero-order chi connectivity index (χ0) is 10.1. The average Bonchev–Trinajstić information content (AvgIpc) is 2.59. The number of amides is 1. The first-order valence-corrected chi connectivity index (χ1v) is 4.42. The van der Waals surface area contributed by atoms with Gasteiger partial charge in [-0.25, -0.2) is 0 Å². The Hall–Kier alpha value is -1.77. The van der Waals surface area contributed by atoms with E-state index in [9.17, 15) is 4.79 Å². The van der Waals surface area contributed by atoms with Gasteiger partial charge in [-0.15, -0.1) is 0 Å². The summed E-state index contributed by atoms with van der Waals surface area (Å²) in [5.74, 6) is 0.800. The van der Waals surface area contributed by atoms with Gasteiger partial charge < -0.3 is 9.73 Å². The molecule has 1 heterocycles. The highest BCUT2D eigenvalue weighted by Gasteiger charge is 2.06. The molecule has 0 spiro atoms. The number of fused-ring (bicyclic) bond motifs is 1. The van der Waals surface area contributed by atoms with Gasteiger partial charge >= 0.3 is 0 Å². The van der Waals surface area contributed by atoms with Crippen LogP contribution in [0.5, 0.6) is 0 Å². The number of hydrogen-bond donors (Lipinski definition) is 1. The van der Waals surface area contributed by atoms with Crippen molar-refractivity contribution in [3.8, 4) is 0 Å². The van der Waals surface area contributed by atoms with Crippen molar-refractivity contribution in [2.45, 2.75) is 6.92 Å². The van der Waals surface area contributed by atoms with E-state index in [1.807, 2.05) is 19.1 Å². The number of hydrogen-bond acceptors (Lipinski definition) is 2. The average molecular weight is 189 g/mol. The molecule has 3 heteroatoms. The molecular formula is C11H11NO2. The summed E-state index contributed by atoms with van der Waals surface area (Å²) in [7, 11) is 1.62. The lowest BCUT2D eigenvalue weighted by Crippen LogP contribution is -2.17. The van der Waals surface area contributed by atoms with Crippen LogP contribution in [0, 0.1) is 6.92 Å². The van der Waals surface area contributed by atoms with Crippen molar-refractivity contribution in [3.63, 3.8) is 0 Å². The molecule has 2 aromatic rings. The highest BCUT2D eigenvalue weighted by molar-refractivity contribution is 5.98. The van der Waals surface area contributed by atoms with Crippen molar-refractivity contribution in [3.05, 3.63) is 35.8 Å². The highest BCUT2D eigenvalue weighted by atomic mass is 16.3. The quantitative estimate of drug-likeness (QED) is 0.746. The topological polar surface area (TPSA) is 42.2 Å². The SMILES string of the molecule is CNC(=O)c1ccc2c(C)occ2c1. The van der Waals surface area contributed by atoms with E-state index in [1.165, 1.54) is 0 Å². The fraction of sp³-hybridized carbons (Fsp3) is 0.182. The molecule has 0 bridgehead atoms. The third-order valence-electron chi connectivity index (χ3n) is 2.28. The standard InChI is InChI=1S/C11H11NO2/c1-7-10-4-3-8(11(13)12-2)5-9(10)6-14-7/h3-6H,1-2H3,(H,12,13). The fourth-order valence-corrected chi connectivity index (χ4v) is 1.48. The van der Waals surface area contributed by atoms with Crippen molar-refractivity contribution >= 4 is 16.7 Å². The van der Waals surface area contributed by atoms with E-state index in [0.717, 1.165) is 16.5 Å². The van der Waals surface area contributed by atoms with Crippen LogP contribution in [-0.4, -0.2) is 13.0 Å². The molecule has 72 valence electrons. The Morgan fingerprint density at radius 2 is 2.21 bits per heavy atom. The van der Waals surface area contributed by atoms with Gasteiger partial charge in [0.05, 0.1) is 6.26 Å². The molecule has 0 aliphatic heterocycles. The minimum absolute atomic E-state index is 0.0780. The van der Waals surface area contributed by atoms with E-state index in [-0.39, 0.29) is 5.91 Å². The van der Waals surface area contributed by atoms with E-state index in [4.69, 9.17) is 4.42 Å². The Kier molecular flexibility index (Phi) is 2.00. The molecule has 0 saturated carbocycles. The van der Waals surface area contributed by atoms with Crippen molar-refractivity contribution in [1.29, 1.82) is 0 Å². The zero-order valence-corrected chi connectivity index (χ0v) is 8.13. The summed E-state index contributed by atoms with van der Waals surface area (Å²) < 4.78 is 5.25. The molecule has 0 saturated heterocycles. The third kappa shape index (κ3) is 1.27. The van der Waals surface area contributed by atoms with Crippen LogP contribution in [0.3, 0.4) is 0 Å². The minimum Gasteiger partial charge on any atom is -0.468 e. The molecule has 0 aliphatic rings. The minimum atomic E-state index is -0.0780. The lowest BCUT2D eigenvalue weighted by Gasteiger charge is -1.98. The van der Waals surface area contributed by atoms with E-state index < -0.39 is 0 Å². The van der Waals surface area contributed by atoms with Crippen LogP contribution in [0.15, 0.2) is 28.9 Å². The molecule has 0 fully saturated rings. The highest BCUT2D eigenvalue weighted by Crippen LogP contribution is 2.21. The molecule has 0 unspecified atom stereocenters. The molecule has 0 atom stereocenters. The van der Waals surface area contributed by atoms with Gasteiger partial charge in [0.2, 0.25) is 0 Å². The number of aryl methyl sites for hydroxylation is 1. The third-order valence-corrected chi connectivity index (χ3v) is 2.28. The van der Waals surface area contributed by atoms with E-state index >= 15 is 0 Å². The number of rotatable bonds is 1. The van der Waals surface area contributed by atoms with Crippen LogP contribution >= 0.6 is 0 Å². The van der Waals surface area contributed by atoms with Gasteiger partial charge in [0.1, 0.15) is 5.76 Å². The van der Waals surface area contributed by atoms with E-state index in [0.29, 0.717) is 5.56 Å². The zero-order valence-electron chi connectivity index (χ0n) is 8.13. The van der Waals surface area contributed by atoms with Crippen molar-refractivity contribution < 1.29 is 9.21 Å². The second-order valence-corrected chi connectivity index (χ2v) is 3.17. The summed E-state index contributed by atoms with van der Waals surface area (Å²) in [6.07, 6.45) is 1.66. The van der Waals surface area contributed by atoms with Crippen molar-refractivity contribution in [2.24, 2.45) is 0 Å². The monoisotopic (exact) mass is 189 g/mol. The molecular weight excluding hydrogens is 178 g/mol. The summed E-state index contributed by atoms with van der Waals surface area (Å²) in [4.78, 5) is 11.3. The molecule has 1 aromatic heterocycles. The summed E-state index contributed by atoms with van der Waals surface area (Å²) in [6.45, 7) is 1.90. The number of benzene rings is 1. The fourth-order valence-electron chi connectivity index (χ4n) is 1.48. The van der Waals surface area contributed by atoms with Gasteiger partial charge in [0.15, 0.2) is 0 Å². The lowest BCUT2D eigenvalue weighted by atomic mass is 10.1. The maximum atomic E-state index is 11.3. The first-order chi connectivity index (χ1) is 6.72. The molecule has 1 aromatic carbocycles. The van der Waals surface area contributed by atoms with Gasteiger partial charge in [-0.2, -0.15) is 0 Å². The first kappa shape index (κ1) is 8.81. The van der Waals surface area contributed by atoms with E-state index in [1.54, 1.807) is 19.4 Å². The van der Waals surface area contributed by atoms with Crippen LogP contribution < -0.4 is 5.32 Å². The van der Waals surface area contributed by atoms with Crippen LogP contribution in [-0.2, 0) is 0 Å². The molecule has 1 amide bonds.